The third kappa shape index (κ3) is 3.94. The molecule has 0 spiro atoms. The highest BCUT2D eigenvalue weighted by Crippen LogP contribution is 2.08. The van der Waals surface area contributed by atoms with E-state index in [1.54, 1.807) is 6.20 Å². The van der Waals surface area contributed by atoms with Gasteiger partial charge in [-0.1, -0.05) is 39.0 Å². The summed E-state index contributed by atoms with van der Waals surface area (Å²) in [6.45, 7) is 2.24. The van der Waals surface area contributed by atoms with E-state index in [4.69, 9.17) is 0 Å². The molecule has 0 aliphatic carbocycles. The van der Waals surface area contributed by atoms with E-state index in [-0.39, 0.29) is 0 Å². The van der Waals surface area contributed by atoms with Gasteiger partial charge in [0.2, 0.25) is 0 Å². The van der Waals surface area contributed by atoms with Crippen LogP contribution < -0.4 is 4.57 Å². The van der Waals surface area contributed by atoms with Crippen LogP contribution in [0.4, 0.5) is 0 Å². The van der Waals surface area contributed by atoms with Crippen molar-refractivity contribution in [2.24, 2.45) is 7.05 Å². The van der Waals surface area contributed by atoms with Gasteiger partial charge in [-0.25, -0.2) is 9.55 Å². The van der Waals surface area contributed by atoms with Crippen molar-refractivity contribution < 1.29 is 9.67 Å². The fourth-order valence-corrected chi connectivity index (χ4v) is 1.79. The lowest BCUT2D eigenvalue weighted by Gasteiger charge is -1.98. The second-order valence-corrected chi connectivity index (χ2v) is 4.17. The molecule has 3 heteroatoms. The van der Waals surface area contributed by atoms with Crippen LogP contribution >= 0.6 is 0 Å². The Morgan fingerprint density at radius 1 is 1.20 bits per heavy atom. The van der Waals surface area contributed by atoms with E-state index in [2.05, 4.69) is 11.9 Å². The van der Waals surface area contributed by atoms with Gasteiger partial charge in [0, 0.05) is 6.42 Å². The highest BCUT2D eigenvalue weighted by Gasteiger charge is 2.11. The van der Waals surface area contributed by atoms with E-state index < -0.39 is 0 Å². The van der Waals surface area contributed by atoms with Gasteiger partial charge in [0.1, 0.15) is 0 Å². The Hall–Kier alpha value is -0.990. The number of aromatic amines is 1. The van der Waals surface area contributed by atoms with Crippen molar-refractivity contribution in [1.82, 2.24) is 4.98 Å². The van der Waals surface area contributed by atoms with Crippen LogP contribution in [0.3, 0.4) is 0 Å². The van der Waals surface area contributed by atoms with Crippen LogP contribution in [0.2, 0.25) is 0 Å². The van der Waals surface area contributed by atoms with Crippen LogP contribution in [0.25, 0.3) is 0 Å². The summed E-state index contributed by atoms with van der Waals surface area (Å²) >= 11 is 0. The second kappa shape index (κ2) is 6.49. The molecule has 0 aliphatic heterocycles. The Kier molecular flexibility index (Phi) is 5.22. The fourth-order valence-electron chi connectivity index (χ4n) is 1.79. The largest absolute Gasteiger partial charge is 0.475 e. The van der Waals surface area contributed by atoms with Crippen LogP contribution in [-0.4, -0.2) is 10.1 Å². The molecule has 0 atom stereocenters. The number of nitrogens with one attached hydrogen (secondary N) is 1. The molecule has 0 radical (unpaired) electrons. The van der Waals surface area contributed by atoms with E-state index in [1.807, 2.05) is 11.6 Å². The molecule has 0 aliphatic rings. The predicted octanol–water partition coefficient (Wildman–Crippen LogP) is 2.45. The van der Waals surface area contributed by atoms with Crippen LogP contribution in [0, 0.1) is 0 Å². The fraction of sp³-hybridized carbons (Fsp3) is 0.750. The Labute approximate surface area is 92.1 Å². The molecule has 0 saturated carbocycles. The Bertz CT molecular complexity index is 281. The van der Waals surface area contributed by atoms with Crippen molar-refractivity contribution in [3.8, 4) is 5.88 Å². The van der Waals surface area contributed by atoms with E-state index in [1.165, 1.54) is 38.5 Å². The number of aryl methyl sites for hydroxylation is 1. The number of hydrogen-bond acceptors (Lipinski definition) is 1. The maximum absolute atomic E-state index is 9.34. The van der Waals surface area contributed by atoms with Gasteiger partial charge in [-0.05, 0) is 6.42 Å². The lowest BCUT2D eigenvalue weighted by Crippen LogP contribution is -2.31. The number of nitrogens with zero attached hydrogens (tertiary/aromatic N) is 1. The minimum atomic E-state index is 0.316. The van der Waals surface area contributed by atoms with Gasteiger partial charge in [0.25, 0.3) is 5.82 Å². The molecule has 2 N–H and O–H groups in total. The number of aromatic hydroxyl groups is 1. The van der Waals surface area contributed by atoms with Gasteiger partial charge >= 0.3 is 5.88 Å². The van der Waals surface area contributed by atoms with Gasteiger partial charge < -0.3 is 5.11 Å². The molecule has 0 amide bonds. The highest BCUT2D eigenvalue weighted by atomic mass is 16.3. The predicted molar refractivity (Wildman–Crippen MR) is 60.7 cm³/mol. The first kappa shape index (κ1) is 12.1. The smallest absolute Gasteiger partial charge is 0.321 e. The number of unbranched alkanes of at least 4 members (excludes halogenated alkanes) is 5. The number of aromatic nitrogens is 2. The molecular formula is C12H23N2O+. The average molecular weight is 211 g/mol. The van der Waals surface area contributed by atoms with Crippen LogP contribution in [0.15, 0.2) is 6.20 Å². The number of H-pyrrole nitrogens is 1. The third-order valence-corrected chi connectivity index (χ3v) is 2.88. The molecule has 1 rings (SSSR count). The zero-order valence-electron chi connectivity index (χ0n) is 9.92. The summed E-state index contributed by atoms with van der Waals surface area (Å²) in [7, 11) is 1.89. The molecule has 0 bridgehead atoms. The second-order valence-electron chi connectivity index (χ2n) is 4.17. The lowest BCUT2D eigenvalue weighted by molar-refractivity contribution is -0.683. The molecule has 86 valence electrons. The highest BCUT2D eigenvalue weighted by molar-refractivity contribution is 4.94. The first-order chi connectivity index (χ1) is 7.25. The zero-order chi connectivity index (χ0) is 11.1. The van der Waals surface area contributed by atoms with E-state index >= 15 is 0 Å². The van der Waals surface area contributed by atoms with Crippen molar-refractivity contribution in [2.75, 3.05) is 0 Å². The maximum Gasteiger partial charge on any atom is 0.321 e. The summed E-state index contributed by atoms with van der Waals surface area (Å²) in [5, 5.41) is 9.34. The molecule has 3 nitrogen and oxygen atoms in total. The van der Waals surface area contributed by atoms with Gasteiger partial charge in [-0.15, -0.1) is 0 Å². The minimum Gasteiger partial charge on any atom is -0.475 e. The molecule has 0 aromatic carbocycles. The molecular weight excluding hydrogens is 188 g/mol. The van der Waals surface area contributed by atoms with Crippen molar-refractivity contribution in [3.05, 3.63) is 12.0 Å². The summed E-state index contributed by atoms with van der Waals surface area (Å²) in [6, 6.07) is 0. The summed E-state index contributed by atoms with van der Waals surface area (Å²) in [5.41, 5.74) is 0. The molecule has 1 heterocycles. The van der Waals surface area contributed by atoms with E-state index in [0.717, 1.165) is 12.2 Å². The third-order valence-electron chi connectivity index (χ3n) is 2.88. The maximum atomic E-state index is 9.34. The first-order valence-electron chi connectivity index (χ1n) is 6.01. The van der Waals surface area contributed by atoms with Crippen LogP contribution in [0.1, 0.15) is 51.3 Å². The zero-order valence-corrected chi connectivity index (χ0v) is 9.92. The first-order valence-corrected chi connectivity index (χ1v) is 6.01. The Balaban J connectivity index is 2.12. The topological polar surface area (TPSA) is 39.9 Å². The average Bonchev–Trinajstić information content (AvgIpc) is 2.54. The number of hydrogen-bond donors (Lipinski definition) is 2. The van der Waals surface area contributed by atoms with E-state index in [9.17, 15) is 5.11 Å². The molecule has 0 fully saturated rings. The summed E-state index contributed by atoms with van der Waals surface area (Å²) in [6.07, 6.45) is 10.5. The minimum absolute atomic E-state index is 0.316. The molecule has 0 unspecified atom stereocenters. The molecule has 1 aromatic heterocycles. The summed E-state index contributed by atoms with van der Waals surface area (Å²) in [5.74, 6) is 1.43. The lowest BCUT2D eigenvalue weighted by atomic mass is 10.1. The van der Waals surface area contributed by atoms with Crippen molar-refractivity contribution in [2.45, 2.75) is 51.9 Å². The van der Waals surface area contributed by atoms with Gasteiger partial charge in [-0.2, -0.15) is 0 Å². The SMILES string of the molecule is CCCCCCCCc1[nH]cc(O)[n+]1C. The standard InChI is InChI=1S/C12H22N2O/c1-3-4-5-6-7-8-9-11-13-10-12(15)14(11)2/h10,15H,3-9H2,1-2H3/p+1. The van der Waals surface area contributed by atoms with Crippen molar-refractivity contribution in [3.63, 3.8) is 0 Å². The molecule has 1 aromatic rings. The summed E-state index contributed by atoms with van der Waals surface area (Å²) < 4.78 is 1.81. The van der Waals surface area contributed by atoms with E-state index in [0.29, 0.717) is 5.88 Å². The van der Waals surface area contributed by atoms with Crippen LogP contribution in [-0.2, 0) is 13.5 Å². The van der Waals surface area contributed by atoms with Crippen molar-refractivity contribution >= 4 is 0 Å². The number of rotatable bonds is 7. The Morgan fingerprint density at radius 2 is 1.87 bits per heavy atom. The monoisotopic (exact) mass is 211 g/mol. The number of imidazole rings is 1. The molecule has 0 saturated heterocycles. The van der Waals surface area contributed by atoms with Gasteiger partial charge in [0.15, 0.2) is 6.20 Å². The quantitative estimate of drug-likeness (QED) is 0.528. The van der Waals surface area contributed by atoms with Gasteiger partial charge in [0.05, 0.1) is 7.05 Å². The molecule has 15 heavy (non-hydrogen) atoms. The van der Waals surface area contributed by atoms with Crippen molar-refractivity contribution in [1.29, 1.82) is 0 Å². The van der Waals surface area contributed by atoms with Gasteiger partial charge in [-0.3, -0.25) is 0 Å². The Morgan fingerprint density at radius 3 is 2.47 bits per heavy atom. The normalized spacial score (nSPS) is 10.8. The summed E-state index contributed by atoms with van der Waals surface area (Å²) in [4.78, 5) is 3.09. The van der Waals surface area contributed by atoms with Crippen LogP contribution in [0.5, 0.6) is 5.88 Å².